The molecule has 0 aliphatic heterocycles. The summed E-state index contributed by atoms with van der Waals surface area (Å²) in [7, 11) is 3.16. The molecule has 0 fully saturated rings. The zero-order chi connectivity index (χ0) is 19.1. The molecule has 0 unspecified atom stereocenters. The van der Waals surface area contributed by atoms with Gasteiger partial charge in [0, 0.05) is 11.6 Å². The number of nitrogens with one attached hydrogen (secondary N) is 1. The van der Waals surface area contributed by atoms with Crippen LogP contribution in [0.4, 0.5) is 5.69 Å². The van der Waals surface area contributed by atoms with Crippen molar-refractivity contribution in [2.75, 3.05) is 26.1 Å². The molecule has 1 atom stereocenters. The molecule has 3 N–H and O–H groups in total. The standard InChI is InChI=1S/C21H22N2O3S/c1-25-16-10-11-17(18(13-16)26-2)23-20(24)14-22-21(19-9-6-12-27-19)15-7-4-3-5-8-15/h3-13,21-22H,14H2,1-2H3,(H,23,24)/p+1/t21-/m0/s1. The van der Waals surface area contributed by atoms with E-state index < -0.39 is 0 Å². The SMILES string of the molecule is COc1ccc(NC(=O)C[NH2+][C@@H](c2ccccc2)c2cccs2)c(OC)c1. The van der Waals surface area contributed by atoms with Gasteiger partial charge in [0.15, 0.2) is 6.54 Å². The van der Waals surface area contributed by atoms with E-state index in [4.69, 9.17) is 9.47 Å². The van der Waals surface area contributed by atoms with E-state index in [0.717, 1.165) is 0 Å². The maximum atomic E-state index is 12.5. The third-order valence-corrected chi connectivity index (χ3v) is 5.19. The number of hydrogen-bond acceptors (Lipinski definition) is 4. The molecule has 1 aromatic heterocycles. The number of benzene rings is 2. The molecule has 0 spiro atoms. The maximum Gasteiger partial charge on any atom is 0.279 e. The first kappa shape index (κ1) is 18.9. The maximum absolute atomic E-state index is 12.5. The van der Waals surface area contributed by atoms with Crippen LogP contribution in [0.2, 0.25) is 0 Å². The number of carbonyl (C=O) groups excluding carboxylic acids is 1. The second kappa shape index (κ2) is 9.21. The number of quaternary nitrogens is 1. The lowest BCUT2D eigenvalue weighted by Crippen LogP contribution is -2.87. The zero-order valence-electron chi connectivity index (χ0n) is 15.3. The largest absolute Gasteiger partial charge is 0.497 e. The first-order valence-corrected chi connectivity index (χ1v) is 9.52. The molecule has 0 aliphatic rings. The van der Waals surface area contributed by atoms with Crippen LogP contribution in [0.1, 0.15) is 16.5 Å². The molecule has 6 heteroatoms. The minimum absolute atomic E-state index is 0.0871. The second-order valence-corrected chi connectivity index (χ2v) is 6.94. The van der Waals surface area contributed by atoms with Gasteiger partial charge in [0.2, 0.25) is 0 Å². The van der Waals surface area contributed by atoms with Gasteiger partial charge in [-0.2, -0.15) is 0 Å². The van der Waals surface area contributed by atoms with E-state index in [1.807, 2.05) is 29.6 Å². The molecular formula is C21H23N2O3S+. The van der Waals surface area contributed by atoms with Crippen LogP contribution in [0.5, 0.6) is 11.5 Å². The van der Waals surface area contributed by atoms with Crippen molar-refractivity contribution in [3.05, 3.63) is 76.5 Å². The highest BCUT2D eigenvalue weighted by Crippen LogP contribution is 2.29. The van der Waals surface area contributed by atoms with Crippen LogP contribution in [-0.4, -0.2) is 26.7 Å². The summed E-state index contributed by atoms with van der Waals surface area (Å²) in [6.45, 7) is 0.298. The van der Waals surface area contributed by atoms with Crippen LogP contribution in [-0.2, 0) is 4.79 Å². The van der Waals surface area contributed by atoms with E-state index in [1.54, 1.807) is 43.8 Å². The molecule has 3 rings (SSSR count). The number of anilines is 1. The highest BCUT2D eigenvalue weighted by molar-refractivity contribution is 7.10. The van der Waals surface area contributed by atoms with Gasteiger partial charge in [0.25, 0.3) is 5.91 Å². The molecule has 5 nitrogen and oxygen atoms in total. The number of methoxy groups -OCH3 is 2. The summed E-state index contributed by atoms with van der Waals surface area (Å²) >= 11 is 1.69. The molecule has 0 radical (unpaired) electrons. The van der Waals surface area contributed by atoms with E-state index in [2.05, 4.69) is 28.9 Å². The van der Waals surface area contributed by atoms with Crippen molar-refractivity contribution in [3.63, 3.8) is 0 Å². The third kappa shape index (κ3) is 4.87. The Bertz CT molecular complexity index is 866. The Labute approximate surface area is 162 Å². The molecule has 1 amide bonds. The van der Waals surface area contributed by atoms with Gasteiger partial charge in [-0.25, -0.2) is 0 Å². The van der Waals surface area contributed by atoms with E-state index in [1.165, 1.54) is 10.4 Å². The van der Waals surface area contributed by atoms with Crippen molar-refractivity contribution in [2.24, 2.45) is 0 Å². The summed E-state index contributed by atoms with van der Waals surface area (Å²) < 4.78 is 10.5. The molecule has 3 aromatic rings. The molecule has 0 saturated heterocycles. The van der Waals surface area contributed by atoms with Gasteiger partial charge in [-0.1, -0.05) is 36.4 Å². The Kier molecular flexibility index (Phi) is 6.46. The lowest BCUT2D eigenvalue weighted by atomic mass is 10.1. The Hall–Kier alpha value is -2.83. The Balaban J connectivity index is 1.68. The highest BCUT2D eigenvalue weighted by Gasteiger charge is 2.20. The number of carbonyl (C=O) groups is 1. The first-order valence-electron chi connectivity index (χ1n) is 8.65. The number of ether oxygens (including phenoxy) is 2. The van der Waals surface area contributed by atoms with Crippen LogP contribution in [0.3, 0.4) is 0 Å². The number of hydrogen-bond donors (Lipinski definition) is 2. The summed E-state index contributed by atoms with van der Waals surface area (Å²) in [4.78, 5) is 13.7. The van der Waals surface area contributed by atoms with Gasteiger partial charge >= 0.3 is 0 Å². The fourth-order valence-corrected chi connectivity index (χ4v) is 3.72. The quantitative estimate of drug-likeness (QED) is 0.628. The van der Waals surface area contributed by atoms with Crippen LogP contribution < -0.4 is 20.1 Å². The van der Waals surface area contributed by atoms with Crippen molar-refractivity contribution in [2.45, 2.75) is 6.04 Å². The monoisotopic (exact) mass is 383 g/mol. The summed E-state index contributed by atoms with van der Waals surface area (Å²) in [5, 5.41) is 7.02. The zero-order valence-corrected chi connectivity index (χ0v) is 16.2. The van der Waals surface area contributed by atoms with Crippen molar-refractivity contribution >= 4 is 22.9 Å². The lowest BCUT2D eigenvalue weighted by Gasteiger charge is -2.15. The van der Waals surface area contributed by atoms with Gasteiger partial charge in [-0.3, -0.25) is 4.79 Å². The molecule has 1 heterocycles. The van der Waals surface area contributed by atoms with Crippen LogP contribution >= 0.6 is 11.3 Å². The Morgan fingerprint density at radius 3 is 2.56 bits per heavy atom. The van der Waals surface area contributed by atoms with Gasteiger partial charge in [-0.05, 0) is 23.6 Å². The smallest absolute Gasteiger partial charge is 0.279 e. The number of amides is 1. The molecular weight excluding hydrogens is 360 g/mol. The van der Waals surface area contributed by atoms with E-state index in [0.29, 0.717) is 23.7 Å². The lowest BCUT2D eigenvalue weighted by molar-refractivity contribution is -0.675. The van der Waals surface area contributed by atoms with Crippen LogP contribution in [0, 0.1) is 0 Å². The van der Waals surface area contributed by atoms with Crippen molar-refractivity contribution in [1.29, 1.82) is 0 Å². The Morgan fingerprint density at radius 1 is 1.07 bits per heavy atom. The molecule has 27 heavy (non-hydrogen) atoms. The molecule has 140 valence electrons. The average molecular weight is 383 g/mol. The first-order chi connectivity index (χ1) is 13.2. The average Bonchev–Trinajstić information content (AvgIpc) is 3.24. The van der Waals surface area contributed by atoms with Crippen LogP contribution in [0.15, 0.2) is 66.0 Å². The second-order valence-electron chi connectivity index (χ2n) is 5.96. The summed E-state index contributed by atoms with van der Waals surface area (Å²) in [6, 6.07) is 19.8. The third-order valence-electron chi connectivity index (χ3n) is 4.23. The fraction of sp³-hybridized carbons (Fsp3) is 0.190. The molecule has 0 aliphatic carbocycles. The van der Waals surface area contributed by atoms with E-state index in [9.17, 15) is 4.79 Å². The number of nitrogens with two attached hydrogens (primary N) is 1. The highest BCUT2D eigenvalue weighted by atomic mass is 32.1. The van der Waals surface area contributed by atoms with E-state index >= 15 is 0 Å². The number of thiophene rings is 1. The van der Waals surface area contributed by atoms with Gasteiger partial charge in [0.05, 0.1) is 24.8 Å². The number of rotatable bonds is 8. The van der Waals surface area contributed by atoms with Gasteiger partial charge in [-0.15, -0.1) is 11.3 Å². The Morgan fingerprint density at radius 2 is 1.89 bits per heavy atom. The normalized spacial score (nSPS) is 11.6. The predicted octanol–water partition coefficient (Wildman–Crippen LogP) is 3.06. The fourth-order valence-electron chi connectivity index (χ4n) is 2.87. The van der Waals surface area contributed by atoms with Gasteiger partial charge in [0.1, 0.15) is 17.5 Å². The minimum Gasteiger partial charge on any atom is -0.497 e. The molecule has 2 aromatic carbocycles. The van der Waals surface area contributed by atoms with Crippen LogP contribution in [0.25, 0.3) is 0 Å². The minimum atomic E-state index is -0.0871. The van der Waals surface area contributed by atoms with E-state index in [-0.39, 0.29) is 11.9 Å². The molecule has 0 bridgehead atoms. The summed E-state index contributed by atoms with van der Waals surface area (Å²) in [5.41, 5.74) is 1.80. The summed E-state index contributed by atoms with van der Waals surface area (Å²) in [5.74, 6) is 1.16. The topological polar surface area (TPSA) is 64.2 Å². The van der Waals surface area contributed by atoms with Crippen molar-refractivity contribution < 1.29 is 19.6 Å². The molecule has 0 saturated carbocycles. The van der Waals surface area contributed by atoms with Gasteiger partial charge < -0.3 is 20.1 Å². The predicted molar refractivity (Wildman–Crippen MR) is 108 cm³/mol. The van der Waals surface area contributed by atoms with Crippen molar-refractivity contribution in [1.82, 2.24) is 0 Å². The van der Waals surface area contributed by atoms with Crippen molar-refractivity contribution in [3.8, 4) is 11.5 Å². The summed E-state index contributed by atoms with van der Waals surface area (Å²) in [6.07, 6.45) is 0.